The maximum absolute atomic E-state index is 13.0. The van der Waals surface area contributed by atoms with Crippen molar-refractivity contribution in [1.29, 1.82) is 0 Å². The van der Waals surface area contributed by atoms with Crippen LogP contribution in [0.4, 0.5) is 0 Å². The molecule has 3 aromatic rings. The number of oxazole rings is 1. The van der Waals surface area contributed by atoms with Gasteiger partial charge in [-0.25, -0.2) is 4.98 Å². The van der Waals surface area contributed by atoms with Crippen LogP contribution in [0.25, 0.3) is 11.5 Å². The Kier molecular flexibility index (Phi) is 5.49. The molecular weight excluding hydrogens is 372 g/mol. The van der Waals surface area contributed by atoms with Crippen molar-refractivity contribution in [3.8, 4) is 11.5 Å². The molecule has 4 nitrogen and oxygen atoms in total. The zero-order valence-electron chi connectivity index (χ0n) is 15.9. The summed E-state index contributed by atoms with van der Waals surface area (Å²) in [6.45, 7) is 2.66. The molecule has 2 heterocycles. The lowest BCUT2D eigenvalue weighted by Gasteiger charge is -2.25. The van der Waals surface area contributed by atoms with Gasteiger partial charge in [-0.15, -0.1) is 0 Å². The van der Waals surface area contributed by atoms with Crippen LogP contribution in [0, 0.1) is 6.92 Å². The summed E-state index contributed by atoms with van der Waals surface area (Å²) in [7, 11) is 0. The normalized spacial score (nSPS) is 16.5. The van der Waals surface area contributed by atoms with E-state index in [-0.39, 0.29) is 18.4 Å². The Balaban J connectivity index is 1.47. The van der Waals surface area contributed by atoms with Crippen LogP contribution in [0.5, 0.6) is 0 Å². The minimum absolute atomic E-state index is 0.102. The Labute approximate surface area is 170 Å². The van der Waals surface area contributed by atoms with E-state index in [0.717, 1.165) is 42.0 Å². The second-order valence-corrected chi connectivity index (χ2v) is 7.65. The van der Waals surface area contributed by atoms with Gasteiger partial charge in [-0.05, 0) is 49.9 Å². The third kappa shape index (κ3) is 3.97. The van der Waals surface area contributed by atoms with Gasteiger partial charge in [0.05, 0.1) is 12.1 Å². The highest BCUT2D eigenvalue weighted by Crippen LogP contribution is 2.27. The average Bonchev–Trinajstić information content (AvgIpc) is 3.31. The number of hydrogen-bond acceptors (Lipinski definition) is 3. The van der Waals surface area contributed by atoms with E-state index >= 15 is 0 Å². The van der Waals surface area contributed by atoms with E-state index in [0.29, 0.717) is 17.3 Å². The van der Waals surface area contributed by atoms with Crippen LogP contribution >= 0.6 is 11.6 Å². The summed E-state index contributed by atoms with van der Waals surface area (Å²) >= 11 is 6.32. The Morgan fingerprint density at radius 3 is 2.71 bits per heavy atom. The Hall–Kier alpha value is -2.59. The van der Waals surface area contributed by atoms with Gasteiger partial charge in [0.25, 0.3) is 0 Å². The highest BCUT2D eigenvalue weighted by atomic mass is 35.5. The molecule has 1 aliphatic heterocycles. The second kappa shape index (κ2) is 8.19. The van der Waals surface area contributed by atoms with Gasteiger partial charge < -0.3 is 9.32 Å². The van der Waals surface area contributed by atoms with Gasteiger partial charge >= 0.3 is 0 Å². The van der Waals surface area contributed by atoms with E-state index in [1.54, 1.807) is 0 Å². The number of aromatic nitrogens is 1. The van der Waals surface area contributed by atoms with Gasteiger partial charge in [-0.2, -0.15) is 0 Å². The standard InChI is InChI=1S/C23H23ClN2O2/c1-16-21(25-23(28-16)17-8-3-2-4-9-17)15-22(27)26-13-7-11-19(26)14-18-10-5-6-12-20(18)24/h2-6,8-10,12,19H,7,11,13-15H2,1H3. The number of aryl methyl sites for hydroxylation is 1. The SMILES string of the molecule is Cc1oc(-c2ccccc2)nc1CC(=O)N1CCCC1Cc1ccccc1Cl. The lowest BCUT2D eigenvalue weighted by molar-refractivity contribution is -0.131. The highest BCUT2D eigenvalue weighted by molar-refractivity contribution is 6.31. The van der Waals surface area contributed by atoms with Crippen LogP contribution in [-0.2, 0) is 17.6 Å². The van der Waals surface area contributed by atoms with Gasteiger partial charge in [0.2, 0.25) is 11.8 Å². The van der Waals surface area contributed by atoms with Crippen LogP contribution in [0.15, 0.2) is 59.0 Å². The molecule has 5 heteroatoms. The van der Waals surface area contributed by atoms with Gasteiger partial charge in [-0.1, -0.05) is 48.0 Å². The topological polar surface area (TPSA) is 46.3 Å². The summed E-state index contributed by atoms with van der Waals surface area (Å²) in [5.41, 5.74) is 2.73. The molecule has 0 N–H and O–H groups in total. The number of benzene rings is 2. The molecular formula is C23H23ClN2O2. The number of hydrogen-bond donors (Lipinski definition) is 0. The molecule has 1 aliphatic rings. The maximum Gasteiger partial charge on any atom is 0.228 e. The van der Waals surface area contributed by atoms with Crippen LogP contribution in [0.1, 0.15) is 29.9 Å². The number of carbonyl (C=O) groups is 1. The van der Waals surface area contributed by atoms with Gasteiger partial charge in [0.1, 0.15) is 5.76 Å². The summed E-state index contributed by atoms with van der Waals surface area (Å²) < 4.78 is 5.80. The van der Waals surface area contributed by atoms with Crippen molar-refractivity contribution in [3.05, 3.63) is 76.6 Å². The Bertz CT molecular complexity index is 968. The molecule has 0 bridgehead atoms. The molecule has 0 aliphatic carbocycles. The number of carbonyl (C=O) groups excluding carboxylic acids is 1. The molecule has 1 saturated heterocycles. The van der Waals surface area contributed by atoms with Gasteiger partial charge in [-0.3, -0.25) is 4.79 Å². The Morgan fingerprint density at radius 1 is 1.18 bits per heavy atom. The van der Waals surface area contributed by atoms with E-state index in [1.165, 1.54) is 0 Å². The molecule has 1 fully saturated rings. The molecule has 28 heavy (non-hydrogen) atoms. The van der Waals surface area contributed by atoms with E-state index in [2.05, 4.69) is 4.98 Å². The van der Waals surface area contributed by atoms with E-state index < -0.39 is 0 Å². The fourth-order valence-corrected chi connectivity index (χ4v) is 4.05. The van der Waals surface area contributed by atoms with Crippen LogP contribution in [-0.4, -0.2) is 28.4 Å². The first kappa shape index (κ1) is 18.8. The van der Waals surface area contributed by atoms with Gasteiger partial charge in [0.15, 0.2) is 0 Å². The quantitative estimate of drug-likeness (QED) is 0.606. The average molecular weight is 395 g/mol. The molecule has 1 amide bonds. The summed E-state index contributed by atoms with van der Waals surface area (Å²) in [6.07, 6.45) is 3.08. The molecule has 1 unspecified atom stereocenters. The zero-order chi connectivity index (χ0) is 19.5. The molecule has 0 radical (unpaired) electrons. The first-order chi connectivity index (χ1) is 13.6. The van der Waals surface area contributed by atoms with Crippen LogP contribution < -0.4 is 0 Å². The maximum atomic E-state index is 13.0. The van der Waals surface area contributed by atoms with Crippen molar-refractivity contribution < 1.29 is 9.21 Å². The Morgan fingerprint density at radius 2 is 1.93 bits per heavy atom. The molecule has 0 spiro atoms. The fraction of sp³-hybridized carbons (Fsp3) is 0.304. The minimum Gasteiger partial charge on any atom is -0.441 e. The van der Waals surface area contributed by atoms with Crippen molar-refractivity contribution in [2.75, 3.05) is 6.54 Å². The predicted molar refractivity (Wildman–Crippen MR) is 110 cm³/mol. The molecule has 0 saturated carbocycles. The van der Waals surface area contributed by atoms with Crippen molar-refractivity contribution in [1.82, 2.24) is 9.88 Å². The number of nitrogens with zero attached hydrogens (tertiary/aromatic N) is 2. The monoisotopic (exact) mass is 394 g/mol. The molecule has 2 aromatic carbocycles. The van der Waals surface area contributed by atoms with Crippen molar-refractivity contribution in [2.24, 2.45) is 0 Å². The van der Waals surface area contributed by atoms with Gasteiger partial charge in [0, 0.05) is 23.2 Å². The number of amides is 1. The highest BCUT2D eigenvalue weighted by Gasteiger charge is 2.30. The zero-order valence-corrected chi connectivity index (χ0v) is 16.7. The summed E-state index contributed by atoms with van der Waals surface area (Å²) in [4.78, 5) is 19.6. The lowest BCUT2D eigenvalue weighted by atomic mass is 10.0. The third-order valence-electron chi connectivity index (χ3n) is 5.34. The smallest absolute Gasteiger partial charge is 0.228 e. The summed E-state index contributed by atoms with van der Waals surface area (Å²) in [5.74, 6) is 1.37. The van der Waals surface area contributed by atoms with Crippen LogP contribution in [0.3, 0.4) is 0 Å². The first-order valence-corrected chi connectivity index (χ1v) is 10.0. The first-order valence-electron chi connectivity index (χ1n) is 9.66. The molecule has 144 valence electrons. The summed E-state index contributed by atoms with van der Waals surface area (Å²) in [5, 5.41) is 0.765. The number of rotatable bonds is 5. The van der Waals surface area contributed by atoms with Crippen molar-refractivity contribution >= 4 is 17.5 Å². The van der Waals surface area contributed by atoms with E-state index in [9.17, 15) is 4.79 Å². The van der Waals surface area contributed by atoms with Crippen molar-refractivity contribution in [2.45, 2.75) is 38.6 Å². The van der Waals surface area contributed by atoms with Crippen LogP contribution in [0.2, 0.25) is 5.02 Å². The number of likely N-dealkylation sites (tertiary alicyclic amines) is 1. The minimum atomic E-state index is 0.102. The molecule has 4 rings (SSSR count). The largest absolute Gasteiger partial charge is 0.441 e. The summed E-state index contributed by atoms with van der Waals surface area (Å²) in [6, 6.07) is 17.8. The third-order valence-corrected chi connectivity index (χ3v) is 5.71. The van der Waals surface area contributed by atoms with Crippen molar-refractivity contribution in [3.63, 3.8) is 0 Å². The number of halogens is 1. The fourth-order valence-electron chi connectivity index (χ4n) is 3.84. The predicted octanol–water partition coefficient (Wildman–Crippen LogP) is 5.08. The van der Waals surface area contributed by atoms with E-state index in [4.69, 9.17) is 16.0 Å². The second-order valence-electron chi connectivity index (χ2n) is 7.24. The lowest BCUT2D eigenvalue weighted by Crippen LogP contribution is -2.38. The molecule has 1 aromatic heterocycles. The molecule has 1 atom stereocenters. The van der Waals surface area contributed by atoms with E-state index in [1.807, 2.05) is 66.4 Å².